The Bertz CT molecular complexity index is 568. The van der Waals surface area contributed by atoms with Crippen molar-refractivity contribution in [3.63, 3.8) is 0 Å². The van der Waals surface area contributed by atoms with E-state index in [9.17, 15) is 13.2 Å². The number of nitrogens with one attached hydrogen (secondary N) is 1. The molecule has 2 aliphatic rings. The summed E-state index contributed by atoms with van der Waals surface area (Å²) in [7, 11) is -3.17. The topological polar surface area (TPSA) is 66.5 Å². The summed E-state index contributed by atoms with van der Waals surface area (Å²) in [5.74, 6) is 0.629. The van der Waals surface area contributed by atoms with Gasteiger partial charge in [-0.05, 0) is 38.0 Å². The van der Waals surface area contributed by atoms with E-state index in [-0.39, 0.29) is 23.3 Å². The summed E-state index contributed by atoms with van der Waals surface area (Å²) in [6.07, 6.45) is 4.78. The molecule has 1 aliphatic heterocycles. The van der Waals surface area contributed by atoms with E-state index >= 15 is 0 Å². The fourth-order valence-corrected chi connectivity index (χ4v) is 4.38. The van der Waals surface area contributed by atoms with E-state index < -0.39 is 10.0 Å². The quantitative estimate of drug-likeness (QED) is 0.800. The molecule has 1 aliphatic carbocycles. The van der Waals surface area contributed by atoms with E-state index in [1.807, 2.05) is 4.90 Å². The van der Waals surface area contributed by atoms with Gasteiger partial charge in [0.05, 0.1) is 12.2 Å². The van der Waals surface area contributed by atoms with Crippen LogP contribution < -0.4 is 4.72 Å². The molecule has 1 N–H and O–H groups in total. The number of piperidine rings is 1. The Kier molecular flexibility index (Phi) is 4.74. The van der Waals surface area contributed by atoms with Crippen LogP contribution in [0, 0.1) is 17.3 Å². The molecule has 0 aromatic carbocycles. The monoisotopic (exact) mass is 328 g/mol. The fraction of sp³-hybridized carbons (Fsp3) is 0.812. The van der Waals surface area contributed by atoms with Gasteiger partial charge in [-0.3, -0.25) is 4.79 Å². The third-order valence-corrected chi connectivity index (χ3v) is 5.64. The Morgan fingerprint density at radius 1 is 1.23 bits per heavy atom. The molecule has 0 aromatic rings. The number of rotatable bonds is 4. The van der Waals surface area contributed by atoms with Crippen LogP contribution in [-0.4, -0.2) is 44.6 Å². The minimum atomic E-state index is -3.17. The van der Waals surface area contributed by atoms with E-state index in [1.165, 1.54) is 11.8 Å². The molecule has 0 unspecified atom stereocenters. The molecular weight excluding hydrogens is 300 g/mol. The molecule has 0 spiro atoms. The average Bonchev–Trinajstić information content (AvgIpc) is 2.88. The Hall–Kier alpha value is -0.880. The number of carbonyl (C=O) groups excluding carboxylic acids is 1. The molecule has 0 radical (unpaired) electrons. The highest BCUT2D eigenvalue weighted by Crippen LogP contribution is 2.60. The highest BCUT2D eigenvalue weighted by Gasteiger charge is 2.61. The number of likely N-dealkylation sites (tertiary alicyclic amines) is 1. The molecule has 126 valence electrons. The zero-order chi connectivity index (χ0) is 16.7. The second-order valence-electron chi connectivity index (χ2n) is 7.56. The van der Waals surface area contributed by atoms with Crippen LogP contribution in [0.1, 0.15) is 40.5 Å². The molecule has 2 fully saturated rings. The van der Waals surface area contributed by atoms with Crippen molar-refractivity contribution in [3.8, 4) is 0 Å². The Morgan fingerprint density at radius 2 is 1.77 bits per heavy atom. The van der Waals surface area contributed by atoms with Crippen molar-refractivity contribution in [2.24, 2.45) is 17.3 Å². The number of hydrogen-bond acceptors (Lipinski definition) is 3. The van der Waals surface area contributed by atoms with Gasteiger partial charge in [-0.1, -0.05) is 25.5 Å². The maximum atomic E-state index is 12.7. The van der Waals surface area contributed by atoms with E-state index in [1.54, 1.807) is 0 Å². The van der Waals surface area contributed by atoms with Crippen LogP contribution >= 0.6 is 0 Å². The largest absolute Gasteiger partial charge is 0.342 e. The van der Waals surface area contributed by atoms with Gasteiger partial charge in [0, 0.05) is 19.1 Å². The minimum absolute atomic E-state index is 0.0379. The molecule has 22 heavy (non-hydrogen) atoms. The lowest BCUT2D eigenvalue weighted by Gasteiger charge is -2.32. The first-order valence-corrected chi connectivity index (χ1v) is 9.82. The average molecular weight is 328 g/mol. The lowest BCUT2D eigenvalue weighted by Crippen LogP contribution is -2.47. The van der Waals surface area contributed by atoms with E-state index in [2.05, 4.69) is 38.5 Å². The van der Waals surface area contributed by atoms with Crippen molar-refractivity contribution in [3.05, 3.63) is 11.6 Å². The van der Waals surface area contributed by atoms with Gasteiger partial charge >= 0.3 is 0 Å². The molecule has 2 rings (SSSR count). The zero-order valence-corrected chi connectivity index (χ0v) is 15.0. The number of allylic oxidation sites excluding steroid dienone is 2. The molecule has 1 amide bonds. The first-order valence-electron chi connectivity index (χ1n) is 7.93. The predicted octanol–water partition coefficient (Wildman–Crippen LogP) is 1.76. The van der Waals surface area contributed by atoms with E-state index in [4.69, 9.17) is 0 Å². The van der Waals surface area contributed by atoms with Crippen molar-refractivity contribution in [2.75, 3.05) is 19.3 Å². The maximum absolute atomic E-state index is 12.7. The second kappa shape index (κ2) is 5.96. The van der Waals surface area contributed by atoms with Gasteiger partial charge in [0.1, 0.15) is 0 Å². The molecule has 2 atom stereocenters. The van der Waals surface area contributed by atoms with Crippen LogP contribution in [0.5, 0.6) is 0 Å². The molecule has 0 aromatic heterocycles. The second-order valence-corrected chi connectivity index (χ2v) is 9.34. The first-order chi connectivity index (χ1) is 10.0. The van der Waals surface area contributed by atoms with Crippen molar-refractivity contribution in [1.82, 2.24) is 9.62 Å². The number of nitrogens with zero attached hydrogens (tertiary/aromatic N) is 1. The number of hydrogen-bond donors (Lipinski definition) is 1. The normalized spacial score (nSPS) is 28.3. The smallest absolute Gasteiger partial charge is 0.226 e. The van der Waals surface area contributed by atoms with Gasteiger partial charge in [0.25, 0.3) is 0 Å². The Morgan fingerprint density at radius 3 is 2.23 bits per heavy atom. The number of carbonyl (C=O) groups is 1. The Labute approximate surface area is 134 Å². The van der Waals surface area contributed by atoms with Gasteiger partial charge in [-0.15, -0.1) is 0 Å². The van der Waals surface area contributed by atoms with Crippen LogP contribution in [0.25, 0.3) is 0 Å². The first kappa shape index (κ1) is 17.5. The summed E-state index contributed by atoms with van der Waals surface area (Å²) >= 11 is 0. The van der Waals surface area contributed by atoms with Gasteiger partial charge in [-0.25, -0.2) is 13.1 Å². The van der Waals surface area contributed by atoms with Gasteiger partial charge < -0.3 is 4.90 Å². The van der Waals surface area contributed by atoms with Crippen molar-refractivity contribution < 1.29 is 13.2 Å². The van der Waals surface area contributed by atoms with E-state index in [0.717, 1.165) is 0 Å². The molecule has 0 bridgehead atoms. The molecule has 1 saturated carbocycles. The molecule has 1 saturated heterocycles. The lowest BCUT2D eigenvalue weighted by molar-refractivity contribution is -0.134. The molecule has 6 heteroatoms. The van der Waals surface area contributed by atoms with Crippen molar-refractivity contribution in [1.29, 1.82) is 0 Å². The van der Waals surface area contributed by atoms with Gasteiger partial charge in [-0.2, -0.15) is 0 Å². The summed E-state index contributed by atoms with van der Waals surface area (Å²) < 4.78 is 25.2. The van der Waals surface area contributed by atoms with Crippen LogP contribution in [0.3, 0.4) is 0 Å². The van der Waals surface area contributed by atoms with Crippen molar-refractivity contribution >= 4 is 15.9 Å². The molecule has 1 heterocycles. The van der Waals surface area contributed by atoms with Crippen LogP contribution in [0.2, 0.25) is 0 Å². The van der Waals surface area contributed by atoms with E-state index in [0.29, 0.717) is 31.8 Å². The summed E-state index contributed by atoms with van der Waals surface area (Å²) in [6.45, 7) is 9.71. The summed E-state index contributed by atoms with van der Waals surface area (Å²) in [5, 5.41) is 0. The SMILES string of the molecule is CC(C)=C[C@@H]1[C@H](C(=O)N2CCC(NS(C)(=O)=O)CC2)C1(C)C. The van der Waals surface area contributed by atoms with Crippen molar-refractivity contribution in [2.45, 2.75) is 46.6 Å². The lowest BCUT2D eigenvalue weighted by atomic mass is 10.0. The molecular formula is C16H28N2O3S. The third-order valence-electron chi connectivity index (χ3n) is 4.88. The van der Waals surface area contributed by atoms with Gasteiger partial charge in [0.15, 0.2) is 0 Å². The third kappa shape index (κ3) is 3.90. The number of sulfonamides is 1. The highest BCUT2D eigenvalue weighted by atomic mass is 32.2. The van der Waals surface area contributed by atoms with Gasteiger partial charge in [0.2, 0.25) is 15.9 Å². The number of amides is 1. The van der Waals surface area contributed by atoms with Crippen LogP contribution in [0.4, 0.5) is 0 Å². The highest BCUT2D eigenvalue weighted by molar-refractivity contribution is 7.88. The van der Waals surface area contributed by atoms with Crippen LogP contribution in [0.15, 0.2) is 11.6 Å². The van der Waals surface area contributed by atoms with Crippen LogP contribution in [-0.2, 0) is 14.8 Å². The Balaban J connectivity index is 1.92. The summed E-state index contributed by atoms with van der Waals surface area (Å²) in [4.78, 5) is 14.6. The summed E-state index contributed by atoms with van der Waals surface area (Å²) in [6, 6.07) is -0.0418. The zero-order valence-electron chi connectivity index (χ0n) is 14.2. The standard InChI is InChI=1S/C16H28N2O3S/c1-11(2)10-13-14(16(13,3)4)15(19)18-8-6-12(7-9-18)17-22(5,20)21/h10,12-14,17H,6-9H2,1-5H3/t13-,14-/m1/s1. The minimum Gasteiger partial charge on any atom is -0.342 e. The molecule has 5 nitrogen and oxygen atoms in total. The predicted molar refractivity (Wildman–Crippen MR) is 87.8 cm³/mol. The fourth-order valence-electron chi connectivity index (χ4n) is 3.54. The maximum Gasteiger partial charge on any atom is 0.226 e. The summed E-state index contributed by atoms with van der Waals surface area (Å²) in [5.41, 5.74) is 1.29.